The minimum atomic E-state index is 0.536. The lowest BCUT2D eigenvalue weighted by atomic mass is 10.3. The van der Waals surface area contributed by atoms with Gasteiger partial charge in [0, 0.05) is 52.9 Å². The molecule has 170 valence electrons. The molecule has 1 N–H and O–H groups in total. The topological polar surface area (TPSA) is 74.0 Å². The summed E-state index contributed by atoms with van der Waals surface area (Å²) in [7, 11) is 2.00. The highest BCUT2D eigenvalue weighted by atomic mass is 32.1. The fourth-order valence-electron chi connectivity index (χ4n) is 3.92. The van der Waals surface area contributed by atoms with Gasteiger partial charge < -0.3 is 24.4 Å². The van der Waals surface area contributed by atoms with E-state index in [0.717, 1.165) is 89.6 Å². The summed E-state index contributed by atoms with van der Waals surface area (Å²) in [4.78, 5) is 12.2. The lowest BCUT2D eigenvalue weighted by Gasteiger charge is -2.37. The van der Waals surface area contributed by atoms with E-state index in [2.05, 4.69) is 47.7 Å². The molecule has 9 nitrogen and oxygen atoms in total. The second kappa shape index (κ2) is 10.9. The second-order valence-electron chi connectivity index (χ2n) is 8.02. The first-order valence-corrected chi connectivity index (χ1v) is 12.1. The van der Waals surface area contributed by atoms with Gasteiger partial charge in [-0.15, -0.1) is 21.5 Å². The predicted octanol–water partition coefficient (Wildman–Crippen LogP) is 1.18. The van der Waals surface area contributed by atoms with Gasteiger partial charge in [0.1, 0.15) is 12.4 Å². The number of anilines is 1. The van der Waals surface area contributed by atoms with Crippen molar-refractivity contribution in [2.75, 3.05) is 70.5 Å². The number of morpholine rings is 1. The van der Waals surface area contributed by atoms with Crippen LogP contribution in [0.4, 0.5) is 5.00 Å². The molecule has 4 rings (SSSR count). The van der Waals surface area contributed by atoms with Crippen molar-refractivity contribution in [3.8, 4) is 0 Å². The normalized spacial score (nSPS) is 18.6. The van der Waals surface area contributed by atoms with Crippen molar-refractivity contribution in [1.29, 1.82) is 0 Å². The van der Waals surface area contributed by atoms with E-state index in [9.17, 15) is 0 Å². The van der Waals surface area contributed by atoms with E-state index in [4.69, 9.17) is 9.73 Å². The van der Waals surface area contributed by atoms with Crippen molar-refractivity contribution in [1.82, 2.24) is 29.9 Å². The number of hydrogen-bond acceptors (Lipinski definition) is 7. The summed E-state index contributed by atoms with van der Waals surface area (Å²) in [5.41, 5.74) is 0. The Morgan fingerprint density at radius 2 is 1.97 bits per heavy atom. The van der Waals surface area contributed by atoms with E-state index in [-0.39, 0.29) is 0 Å². The van der Waals surface area contributed by atoms with Crippen molar-refractivity contribution in [2.45, 2.75) is 19.9 Å². The smallest absolute Gasteiger partial charge is 0.194 e. The zero-order valence-electron chi connectivity index (χ0n) is 18.7. The summed E-state index contributed by atoms with van der Waals surface area (Å²) in [6.07, 6.45) is 1.09. The van der Waals surface area contributed by atoms with Gasteiger partial charge in [0.2, 0.25) is 0 Å². The van der Waals surface area contributed by atoms with E-state index in [1.807, 2.05) is 29.9 Å². The third-order valence-electron chi connectivity index (χ3n) is 5.99. The van der Waals surface area contributed by atoms with Crippen LogP contribution in [0.15, 0.2) is 22.5 Å². The summed E-state index contributed by atoms with van der Waals surface area (Å²) < 4.78 is 7.45. The molecule has 0 atom stereocenters. The number of piperazine rings is 1. The largest absolute Gasteiger partial charge is 0.379 e. The van der Waals surface area contributed by atoms with Gasteiger partial charge in [-0.1, -0.05) is 0 Å². The van der Waals surface area contributed by atoms with Gasteiger partial charge in [-0.3, -0.25) is 4.90 Å². The zero-order chi connectivity index (χ0) is 21.5. The van der Waals surface area contributed by atoms with Gasteiger partial charge in [-0.2, -0.15) is 0 Å². The van der Waals surface area contributed by atoms with Crippen LogP contribution in [0.1, 0.15) is 18.1 Å². The molecule has 2 aromatic rings. The molecule has 2 fully saturated rings. The average molecular weight is 447 g/mol. The number of aliphatic imine (C=N–C) groups is 1. The molecular weight excluding hydrogens is 412 g/mol. The van der Waals surface area contributed by atoms with Crippen molar-refractivity contribution < 1.29 is 4.74 Å². The first kappa shape index (κ1) is 22.0. The summed E-state index contributed by atoms with van der Waals surface area (Å²) in [5, 5.41) is 15.5. The maximum Gasteiger partial charge on any atom is 0.194 e. The van der Waals surface area contributed by atoms with Crippen LogP contribution in [0.25, 0.3) is 0 Å². The van der Waals surface area contributed by atoms with Crippen molar-refractivity contribution in [3.05, 3.63) is 29.2 Å². The molecule has 0 spiro atoms. The monoisotopic (exact) mass is 446 g/mol. The number of nitrogens with zero attached hydrogens (tertiary/aromatic N) is 7. The average Bonchev–Trinajstić information content (AvgIpc) is 3.45. The highest BCUT2D eigenvalue weighted by Gasteiger charge is 2.21. The van der Waals surface area contributed by atoms with Gasteiger partial charge in [-0.25, -0.2) is 4.99 Å². The van der Waals surface area contributed by atoms with E-state index in [0.29, 0.717) is 6.54 Å². The quantitative estimate of drug-likeness (QED) is 0.389. The standard InChI is InChI=1S/C21H34N8OS/c1-18-24-25-19(26(18)2)17-23-21(22-6-4-7-27-12-14-30-15-13-27)29-10-8-28(9-11-29)20-5-3-16-31-20/h3,5,16H,4,6-15,17H2,1-2H3,(H,22,23). The van der Waals surface area contributed by atoms with Gasteiger partial charge in [0.25, 0.3) is 0 Å². The number of aryl methyl sites for hydroxylation is 1. The molecule has 2 aliphatic rings. The molecule has 0 unspecified atom stereocenters. The third-order valence-corrected chi connectivity index (χ3v) is 6.92. The molecule has 2 saturated heterocycles. The van der Waals surface area contributed by atoms with Crippen LogP contribution < -0.4 is 10.2 Å². The highest BCUT2D eigenvalue weighted by molar-refractivity contribution is 7.14. The number of aromatic nitrogens is 3. The number of thiophene rings is 1. The molecule has 0 aromatic carbocycles. The number of guanidine groups is 1. The Kier molecular flexibility index (Phi) is 7.76. The maximum atomic E-state index is 5.45. The predicted molar refractivity (Wildman–Crippen MR) is 125 cm³/mol. The van der Waals surface area contributed by atoms with E-state index < -0.39 is 0 Å². The van der Waals surface area contributed by atoms with Crippen LogP contribution in [0.2, 0.25) is 0 Å². The molecule has 0 saturated carbocycles. The molecule has 2 aliphatic heterocycles. The Bertz CT molecular complexity index is 823. The molecular formula is C21H34N8OS. The summed E-state index contributed by atoms with van der Waals surface area (Å²) in [6.45, 7) is 12.2. The Labute approximate surface area is 188 Å². The van der Waals surface area contributed by atoms with Crippen molar-refractivity contribution in [2.24, 2.45) is 12.0 Å². The zero-order valence-corrected chi connectivity index (χ0v) is 19.5. The number of ether oxygens (including phenoxy) is 1. The number of nitrogens with one attached hydrogen (secondary N) is 1. The first-order chi connectivity index (χ1) is 15.2. The van der Waals surface area contributed by atoms with Crippen molar-refractivity contribution >= 4 is 22.3 Å². The van der Waals surface area contributed by atoms with Crippen LogP contribution in [0, 0.1) is 6.92 Å². The van der Waals surface area contributed by atoms with E-state index >= 15 is 0 Å². The Morgan fingerprint density at radius 3 is 2.65 bits per heavy atom. The third kappa shape index (κ3) is 5.96. The molecule has 0 amide bonds. The molecule has 0 bridgehead atoms. The van der Waals surface area contributed by atoms with Crippen LogP contribution in [0.5, 0.6) is 0 Å². The Balaban J connectivity index is 1.33. The Morgan fingerprint density at radius 1 is 1.16 bits per heavy atom. The maximum absolute atomic E-state index is 5.45. The van der Waals surface area contributed by atoms with E-state index in [1.165, 1.54) is 5.00 Å². The minimum absolute atomic E-state index is 0.536. The summed E-state index contributed by atoms with van der Waals surface area (Å²) in [5.74, 6) is 2.78. The fraction of sp³-hybridized carbons (Fsp3) is 0.667. The molecule has 0 radical (unpaired) electrons. The lowest BCUT2D eigenvalue weighted by Crippen LogP contribution is -2.52. The van der Waals surface area contributed by atoms with Gasteiger partial charge in [-0.05, 0) is 37.4 Å². The number of rotatable bonds is 7. The van der Waals surface area contributed by atoms with Crippen LogP contribution in [-0.4, -0.2) is 96.1 Å². The van der Waals surface area contributed by atoms with Crippen LogP contribution >= 0.6 is 11.3 Å². The van der Waals surface area contributed by atoms with Crippen molar-refractivity contribution in [3.63, 3.8) is 0 Å². The molecule has 2 aromatic heterocycles. The van der Waals surface area contributed by atoms with Gasteiger partial charge in [0.05, 0.1) is 18.2 Å². The highest BCUT2D eigenvalue weighted by Crippen LogP contribution is 2.22. The SMILES string of the molecule is Cc1nnc(CN=C(NCCCN2CCOCC2)N2CCN(c3cccs3)CC2)n1C. The van der Waals surface area contributed by atoms with Crippen LogP contribution in [-0.2, 0) is 18.3 Å². The molecule has 10 heteroatoms. The fourth-order valence-corrected chi connectivity index (χ4v) is 4.70. The van der Waals surface area contributed by atoms with Gasteiger partial charge in [0.15, 0.2) is 11.8 Å². The van der Waals surface area contributed by atoms with Gasteiger partial charge >= 0.3 is 0 Å². The molecule has 0 aliphatic carbocycles. The van der Waals surface area contributed by atoms with Crippen LogP contribution in [0.3, 0.4) is 0 Å². The lowest BCUT2D eigenvalue weighted by molar-refractivity contribution is 0.0375. The summed E-state index contributed by atoms with van der Waals surface area (Å²) >= 11 is 1.81. The summed E-state index contributed by atoms with van der Waals surface area (Å²) in [6, 6.07) is 4.33. The minimum Gasteiger partial charge on any atom is -0.379 e. The molecule has 4 heterocycles. The Hall–Kier alpha value is -2.17. The second-order valence-corrected chi connectivity index (χ2v) is 8.95. The first-order valence-electron chi connectivity index (χ1n) is 11.2. The number of hydrogen-bond donors (Lipinski definition) is 1. The molecule has 31 heavy (non-hydrogen) atoms. The van der Waals surface area contributed by atoms with E-state index in [1.54, 1.807) is 0 Å².